The number of aromatic amines is 1. The Hall–Kier alpha value is -2.38. The molecule has 0 saturated carbocycles. The van der Waals surface area contributed by atoms with E-state index in [9.17, 15) is 10.1 Å². The van der Waals surface area contributed by atoms with Gasteiger partial charge in [0.2, 0.25) is 5.82 Å². The summed E-state index contributed by atoms with van der Waals surface area (Å²) in [5.41, 5.74) is 0.557. The largest absolute Gasteiger partial charge is 0.355 e. The van der Waals surface area contributed by atoms with Gasteiger partial charge in [-0.15, -0.1) is 0 Å². The second-order valence-electron chi connectivity index (χ2n) is 4.62. The number of anilines is 1. The summed E-state index contributed by atoms with van der Waals surface area (Å²) in [5, 5.41) is 18.6. The molecule has 2 aromatic heterocycles. The van der Waals surface area contributed by atoms with Gasteiger partial charge in [-0.25, -0.2) is 9.67 Å². The van der Waals surface area contributed by atoms with Gasteiger partial charge >= 0.3 is 5.69 Å². The van der Waals surface area contributed by atoms with Crippen LogP contribution in [0.2, 0.25) is 0 Å². The second kappa shape index (κ2) is 5.72. The van der Waals surface area contributed by atoms with Crippen molar-refractivity contribution in [2.45, 2.75) is 32.7 Å². The molecule has 20 heavy (non-hydrogen) atoms. The fourth-order valence-corrected chi connectivity index (χ4v) is 2.11. The smallest absolute Gasteiger partial charge is 0.334 e. The Labute approximate surface area is 116 Å². The maximum Gasteiger partial charge on any atom is 0.334 e. The van der Waals surface area contributed by atoms with Crippen LogP contribution in [0.1, 0.15) is 37.8 Å². The molecule has 2 rings (SSSR count). The number of H-pyrrole nitrogens is 1. The molecule has 2 heterocycles. The molecule has 0 spiro atoms. The average Bonchev–Trinajstić information content (AvgIpc) is 2.99. The predicted molar refractivity (Wildman–Crippen MR) is 74.5 cm³/mol. The van der Waals surface area contributed by atoms with E-state index >= 15 is 0 Å². The highest BCUT2D eigenvalue weighted by atomic mass is 16.6. The van der Waals surface area contributed by atoms with Crippen molar-refractivity contribution in [2.24, 2.45) is 7.05 Å². The molecule has 0 aliphatic carbocycles. The van der Waals surface area contributed by atoms with E-state index in [-0.39, 0.29) is 16.7 Å². The first-order chi connectivity index (χ1) is 9.54. The lowest BCUT2D eigenvalue weighted by molar-refractivity contribution is -0.384. The molecule has 0 aromatic carbocycles. The highest BCUT2D eigenvalue weighted by molar-refractivity contribution is 5.60. The summed E-state index contributed by atoms with van der Waals surface area (Å²) in [5.74, 6) is 1.12. The van der Waals surface area contributed by atoms with E-state index in [1.807, 2.05) is 13.8 Å². The standard InChI is InChI=1S/C12H18N6O2/c1-4-5-9-10(18(19)20)12(17(3)16-9)15-8(2)11-13-6-7-14-11/h6-8,15H,4-5H2,1-3H3,(H,13,14). The molecular weight excluding hydrogens is 260 g/mol. The van der Waals surface area contributed by atoms with Crippen molar-refractivity contribution in [3.8, 4) is 0 Å². The Bertz CT molecular complexity index is 589. The molecule has 108 valence electrons. The van der Waals surface area contributed by atoms with Gasteiger partial charge in [0.05, 0.1) is 11.0 Å². The van der Waals surface area contributed by atoms with Crippen LogP contribution >= 0.6 is 0 Å². The lowest BCUT2D eigenvalue weighted by Gasteiger charge is -2.12. The van der Waals surface area contributed by atoms with Crippen LogP contribution < -0.4 is 5.32 Å². The van der Waals surface area contributed by atoms with Gasteiger partial charge < -0.3 is 10.3 Å². The van der Waals surface area contributed by atoms with Crippen molar-refractivity contribution in [3.63, 3.8) is 0 Å². The highest BCUT2D eigenvalue weighted by Crippen LogP contribution is 2.31. The van der Waals surface area contributed by atoms with Gasteiger partial charge in [-0.1, -0.05) is 13.3 Å². The second-order valence-corrected chi connectivity index (χ2v) is 4.62. The van der Waals surface area contributed by atoms with Crippen molar-refractivity contribution in [3.05, 3.63) is 34.0 Å². The normalized spacial score (nSPS) is 12.3. The van der Waals surface area contributed by atoms with Crippen molar-refractivity contribution in [1.82, 2.24) is 19.7 Å². The average molecular weight is 278 g/mol. The molecule has 0 aliphatic rings. The fourth-order valence-electron chi connectivity index (χ4n) is 2.11. The van der Waals surface area contributed by atoms with E-state index in [0.29, 0.717) is 17.9 Å². The van der Waals surface area contributed by atoms with Crippen LogP contribution in [0.4, 0.5) is 11.5 Å². The number of aryl methyl sites for hydroxylation is 2. The number of rotatable bonds is 6. The molecule has 2 N–H and O–H groups in total. The Morgan fingerprint density at radius 2 is 2.35 bits per heavy atom. The zero-order chi connectivity index (χ0) is 14.7. The first-order valence-electron chi connectivity index (χ1n) is 6.50. The Morgan fingerprint density at radius 3 is 2.90 bits per heavy atom. The lowest BCUT2D eigenvalue weighted by Crippen LogP contribution is -2.12. The van der Waals surface area contributed by atoms with Crippen LogP contribution in [0.5, 0.6) is 0 Å². The number of hydrogen-bond acceptors (Lipinski definition) is 5. The first kappa shape index (κ1) is 14.0. The molecule has 8 heteroatoms. The number of aromatic nitrogens is 4. The minimum atomic E-state index is -0.380. The highest BCUT2D eigenvalue weighted by Gasteiger charge is 2.27. The first-order valence-corrected chi connectivity index (χ1v) is 6.50. The molecule has 0 bridgehead atoms. The summed E-state index contributed by atoms with van der Waals surface area (Å²) in [6.07, 6.45) is 4.76. The molecule has 0 aliphatic heterocycles. The third-order valence-electron chi connectivity index (χ3n) is 3.04. The quantitative estimate of drug-likeness (QED) is 0.623. The third kappa shape index (κ3) is 2.63. The van der Waals surface area contributed by atoms with Gasteiger partial charge in [0.1, 0.15) is 11.5 Å². The maximum absolute atomic E-state index is 11.3. The molecule has 2 aromatic rings. The van der Waals surface area contributed by atoms with E-state index in [4.69, 9.17) is 0 Å². The van der Waals surface area contributed by atoms with Crippen LogP contribution in [0.15, 0.2) is 12.4 Å². The summed E-state index contributed by atoms with van der Waals surface area (Å²) < 4.78 is 1.52. The minimum absolute atomic E-state index is 0.0488. The van der Waals surface area contributed by atoms with E-state index in [1.165, 1.54) is 4.68 Å². The van der Waals surface area contributed by atoms with Crippen LogP contribution in [0.3, 0.4) is 0 Å². The predicted octanol–water partition coefficient (Wildman–Crippen LogP) is 2.18. The summed E-state index contributed by atoms with van der Waals surface area (Å²) in [6.45, 7) is 3.85. The van der Waals surface area contributed by atoms with E-state index in [1.54, 1.807) is 19.4 Å². The van der Waals surface area contributed by atoms with Gasteiger partial charge in [-0.05, 0) is 13.3 Å². The Morgan fingerprint density at radius 1 is 1.60 bits per heavy atom. The van der Waals surface area contributed by atoms with Gasteiger partial charge in [0.15, 0.2) is 0 Å². The van der Waals surface area contributed by atoms with Gasteiger partial charge in [0, 0.05) is 19.4 Å². The summed E-state index contributed by atoms with van der Waals surface area (Å²) in [7, 11) is 1.70. The zero-order valence-electron chi connectivity index (χ0n) is 11.8. The van der Waals surface area contributed by atoms with E-state index in [2.05, 4.69) is 20.4 Å². The number of nitrogens with zero attached hydrogens (tertiary/aromatic N) is 4. The molecule has 8 nitrogen and oxygen atoms in total. The lowest BCUT2D eigenvalue weighted by atomic mass is 10.2. The van der Waals surface area contributed by atoms with E-state index < -0.39 is 0 Å². The number of nitrogens with one attached hydrogen (secondary N) is 2. The maximum atomic E-state index is 11.3. The third-order valence-corrected chi connectivity index (χ3v) is 3.04. The van der Waals surface area contributed by atoms with E-state index in [0.717, 1.165) is 12.2 Å². The van der Waals surface area contributed by atoms with Crippen molar-refractivity contribution >= 4 is 11.5 Å². The fraction of sp³-hybridized carbons (Fsp3) is 0.500. The Kier molecular flexibility index (Phi) is 4.02. The van der Waals surface area contributed by atoms with Crippen LogP contribution in [0, 0.1) is 10.1 Å². The minimum Gasteiger partial charge on any atom is -0.355 e. The zero-order valence-corrected chi connectivity index (χ0v) is 11.8. The summed E-state index contributed by atoms with van der Waals surface area (Å²) >= 11 is 0. The summed E-state index contributed by atoms with van der Waals surface area (Å²) in [6, 6.07) is -0.173. The topological polar surface area (TPSA) is 102 Å². The van der Waals surface area contributed by atoms with Gasteiger partial charge in [0.25, 0.3) is 0 Å². The number of imidazole rings is 1. The van der Waals surface area contributed by atoms with Crippen molar-refractivity contribution in [1.29, 1.82) is 0 Å². The molecule has 0 fully saturated rings. The van der Waals surface area contributed by atoms with Crippen LogP contribution in [-0.4, -0.2) is 24.7 Å². The number of nitro groups is 1. The summed E-state index contributed by atoms with van der Waals surface area (Å²) in [4.78, 5) is 18.0. The molecule has 1 unspecified atom stereocenters. The molecule has 1 atom stereocenters. The van der Waals surface area contributed by atoms with Crippen molar-refractivity contribution in [2.75, 3.05) is 5.32 Å². The molecule has 0 radical (unpaired) electrons. The van der Waals surface area contributed by atoms with Crippen LogP contribution in [-0.2, 0) is 13.5 Å². The molecular formula is C12H18N6O2. The van der Waals surface area contributed by atoms with Gasteiger partial charge in [-0.2, -0.15) is 5.10 Å². The monoisotopic (exact) mass is 278 g/mol. The Balaban J connectivity index is 2.33. The van der Waals surface area contributed by atoms with Crippen LogP contribution in [0.25, 0.3) is 0 Å². The van der Waals surface area contributed by atoms with Crippen molar-refractivity contribution < 1.29 is 4.92 Å². The van der Waals surface area contributed by atoms with Gasteiger partial charge in [-0.3, -0.25) is 10.1 Å². The molecule has 0 amide bonds. The molecule has 0 saturated heterocycles. The SMILES string of the molecule is CCCc1nn(C)c(NC(C)c2ncc[nH]2)c1[N+](=O)[O-]. The number of hydrogen-bond donors (Lipinski definition) is 2.